The summed E-state index contributed by atoms with van der Waals surface area (Å²) in [5, 5.41) is 7.61. The summed E-state index contributed by atoms with van der Waals surface area (Å²) in [5.41, 5.74) is 3.04. The number of fused-ring (bicyclic) bond motifs is 1. The number of morpholine rings is 1. The van der Waals surface area contributed by atoms with Gasteiger partial charge in [0.25, 0.3) is 0 Å². The summed E-state index contributed by atoms with van der Waals surface area (Å²) < 4.78 is 10.8. The van der Waals surface area contributed by atoms with Gasteiger partial charge < -0.3 is 30.3 Å². The molecule has 12 nitrogen and oxygen atoms in total. The van der Waals surface area contributed by atoms with Gasteiger partial charge in [-0.3, -0.25) is 9.69 Å². The Hall–Kier alpha value is -3.93. The molecule has 4 amide bonds. The molecule has 12 heteroatoms. The van der Waals surface area contributed by atoms with Gasteiger partial charge in [-0.25, -0.2) is 19.6 Å². The number of benzene rings is 1. The van der Waals surface area contributed by atoms with E-state index in [1.165, 1.54) is 7.05 Å². The van der Waals surface area contributed by atoms with Crippen LogP contribution >= 0.6 is 0 Å². The maximum atomic E-state index is 12.4. The molecule has 1 atom stereocenters. The van der Waals surface area contributed by atoms with Crippen molar-refractivity contribution < 1.29 is 23.9 Å². The SMILES string of the molecule is CCOC(=O)N1Cc2nc(-c3ccc(NC(=O)NCC(=O)NC)cc3)nc(N3CCOC[C@@H]3C)c2C1. The monoisotopic (exact) mass is 497 g/mol. The highest BCUT2D eigenvalue weighted by Crippen LogP contribution is 2.33. The molecule has 0 bridgehead atoms. The van der Waals surface area contributed by atoms with Crippen molar-refractivity contribution in [3.05, 3.63) is 35.5 Å². The molecule has 2 aromatic rings. The molecule has 0 radical (unpaired) electrons. The first kappa shape index (κ1) is 25.2. The van der Waals surface area contributed by atoms with Gasteiger partial charge in [-0.2, -0.15) is 0 Å². The number of carbonyl (C=O) groups is 3. The van der Waals surface area contributed by atoms with E-state index in [-0.39, 0.29) is 24.6 Å². The lowest BCUT2D eigenvalue weighted by Gasteiger charge is -2.35. The Balaban J connectivity index is 1.58. The quantitative estimate of drug-likeness (QED) is 0.548. The summed E-state index contributed by atoms with van der Waals surface area (Å²) in [6, 6.07) is 6.77. The fraction of sp³-hybridized carbons (Fsp3) is 0.458. The summed E-state index contributed by atoms with van der Waals surface area (Å²) in [7, 11) is 1.50. The van der Waals surface area contributed by atoms with E-state index in [9.17, 15) is 14.4 Å². The topological polar surface area (TPSA) is 138 Å². The molecule has 1 saturated heterocycles. The van der Waals surface area contributed by atoms with E-state index in [1.807, 2.05) is 12.1 Å². The minimum Gasteiger partial charge on any atom is -0.450 e. The molecule has 1 aromatic carbocycles. The molecule has 0 aliphatic carbocycles. The number of carbonyl (C=O) groups excluding carboxylic acids is 3. The van der Waals surface area contributed by atoms with E-state index >= 15 is 0 Å². The molecule has 2 aliphatic heterocycles. The van der Waals surface area contributed by atoms with Gasteiger partial charge in [0.2, 0.25) is 5.91 Å². The van der Waals surface area contributed by atoms with Gasteiger partial charge in [-0.1, -0.05) is 0 Å². The van der Waals surface area contributed by atoms with E-state index in [2.05, 4.69) is 27.8 Å². The summed E-state index contributed by atoms with van der Waals surface area (Å²) in [5.74, 6) is 1.04. The summed E-state index contributed by atoms with van der Waals surface area (Å²) >= 11 is 0. The number of likely N-dealkylation sites (N-methyl/N-ethyl adjacent to an activating group) is 1. The van der Waals surface area contributed by atoms with Crippen molar-refractivity contribution in [1.29, 1.82) is 0 Å². The first-order valence-electron chi connectivity index (χ1n) is 11.9. The van der Waals surface area contributed by atoms with Gasteiger partial charge in [0.15, 0.2) is 5.82 Å². The number of aromatic nitrogens is 2. The Morgan fingerprint density at radius 2 is 1.94 bits per heavy atom. The third-order valence-electron chi connectivity index (χ3n) is 6.02. The highest BCUT2D eigenvalue weighted by atomic mass is 16.6. The number of hydrogen-bond donors (Lipinski definition) is 3. The third kappa shape index (κ3) is 5.65. The molecule has 1 aromatic heterocycles. The molecule has 0 unspecified atom stereocenters. The van der Waals surface area contributed by atoms with Crippen molar-refractivity contribution in [3.63, 3.8) is 0 Å². The molecule has 1 fully saturated rings. The zero-order chi connectivity index (χ0) is 25.7. The van der Waals surface area contributed by atoms with Crippen LogP contribution in [0.25, 0.3) is 11.4 Å². The number of rotatable bonds is 6. The van der Waals surface area contributed by atoms with Crippen molar-refractivity contribution >= 4 is 29.5 Å². The van der Waals surface area contributed by atoms with Crippen LogP contribution in [0.2, 0.25) is 0 Å². The van der Waals surface area contributed by atoms with Crippen LogP contribution in [0.5, 0.6) is 0 Å². The second-order valence-corrected chi connectivity index (χ2v) is 8.53. The highest BCUT2D eigenvalue weighted by molar-refractivity contribution is 5.92. The van der Waals surface area contributed by atoms with Gasteiger partial charge in [0, 0.05) is 30.4 Å². The average Bonchev–Trinajstić information content (AvgIpc) is 3.32. The predicted octanol–water partition coefficient (Wildman–Crippen LogP) is 1.71. The van der Waals surface area contributed by atoms with Gasteiger partial charge in [-0.15, -0.1) is 0 Å². The molecule has 4 rings (SSSR count). The molecule has 3 N–H and O–H groups in total. The van der Waals surface area contributed by atoms with Crippen molar-refractivity contribution in [2.24, 2.45) is 0 Å². The minimum atomic E-state index is -0.484. The van der Waals surface area contributed by atoms with Crippen LogP contribution in [0.3, 0.4) is 0 Å². The second-order valence-electron chi connectivity index (χ2n) is 8.53. The molecule has 192 valence electrons. The van der Waals surface area contributed by atoms with Crippen LogP contribution in [-0.4, -0.2) is 78.9 Å². The fourth-order valence-corrected chi connectivity index (χ4v) is 4.12. The molecule has 0 spiro atoms. The van der Waals surface area contributed by atoms with E-state index in [4.69, 9.17) is 19.4 Å². The zero-order valence-electron chi connectivity index (χ0n) is 20.7. The lowest BCUT2D eigenvalue weighted by Crippen LogP contribution is -2.44. The Bertz CT molecular complexity index is 1120. The number of ether oxygens (including phenoxy) is 2. The van der Waals surface area contributed by atoms with Gasteiger partial charge in [-0.05, 0) is 38.1 Å². The van der Waals surface area contributed by atoms with E-state index < -0.39 is 6.03 Å². The smallest absolute Gasteiger partial charge is 0.410 e. The van der Waals surface area contributed by atoms with Crippen molar-refractivity contribution in [2.75, 3.05) is 50.2 Å². The van der Waals surface area contributed by atoms with Crippen LogP contribution in [0, 0.1) is 0 Å². The molecule has 2 aliphatic rings. The second kappa shape index (κ2) is 11.2. The van der Waals surface area contributed by atoms with E-state index in [0.29, 0.717) is 51.0 Å². The Kier molecular flexibility index (Phi) is 7.84. The van der Waals surface area contributed by atoms with Gasteiger partial charge >= 0.3 is 12.1 Å². The average molecular weight is 498 g/mol. The fourth-order valence-electron chi connectivity index (χ4n) is 4.12. The van der Waals surface area contributed by atoms with Crippen LogP contribution in [-0.2, 0) is 27.4 Å². The maximum absolute atomic E-state index is 12.4. The normalized spacial score (nSPS) is 16.8. The largest absolute Gasteiger partial charge is 0.450 e. The number of hydrogen-bond acceptors (Lipinski definition) is 8. The van der Waals surface area contributed by atoms with Gasteiger partial charge in [0.05, 0.1) is 51.2 Å². The number of anilines is 2. The van der Waals surface area contributed by atoms with Gasteiger partial charge in [0.1, 0.15) is 5.82 Å². The summed E-state index contributed by atoms with van der Waals surface area (Å²) in [6.07, 6.45) is -0.372. The van der Waals surface area contributed by atoms with E-state index in [0.717, 1.165) is 22.6 Å². The molecular formula is C24H31N7O5. The Morgan fingerprint density at radius 3 is 2.64 bits per heavy atom. The predicted molar refractivity (Wildman–Crippen MR) is 132 cm³/mol. The van der Waals surface area contributed by atoms with Crippen molar-refractivity contribution in [3.8, 4) is 11.4 Å². The number of nitrogens with one attached hydrogen (secondary N) is 3. The van der Waals surface area contributed by atoms with Crippen LogP contribution in [0.4, 0.5) is 21.1 Å². The first-order valence-corrected chi connectivity index (χ1v) is 11.9. The molecule has 36 heavy (non-hydrogen) atoms. The van der Waals surface area contributed by atoms with Crippen molar-refractivity contribution in [2.45, 2.75) is 33.0 Å². The Labute approximate surface area is 209 Å². The highest BCUT2D eigenvalue weighted by Gasteiger charge is 2.33. The summed E-state index contributed by atoms with van der Waals surface area (Å²) in [4.78, 5) is 49.2. The summed E-state index contributed by atoms with van der Waals surface area (Å²) in [6.45, 7) is 6.68. The zero-order valence-corrected chi connectivity index (χ0v) is 20.7. The lowest BCUT2D eigenvalue weighted by molar-refractivity contribution is -0.119. The van der Waals surface area contributed by atoms with Crippen LogP contribution in [0.1, 0.15) is 25.1 Å². The number of nitrogens with zero attached hydrogens (tertiary/aromatic N) is 4. The number of urea groups is 1. The number of amides is 4. The van der Waals surface area contributed by atoms with Crippen LogP contribution in [0.15, 0.2) is 24.3 Å². The lowest BCUT2D eigenvalue weighted by atomic mass is 10.1. The minimum absolute atomic E-state index is 0.116. The first-order chi connectivity index (χ1) is 17.4. The van der Waals surface area contributed by atoms with Crippen molar-refractivity contribution in [1.82, 2.24) is 25.5 Å². The van der Waals surface area contributed by atoms with Crippen LogP contribution < -0.4 is 20.9 Å². The molecule has 0 saturated carbocycles. The van der Waals surface area contributed by atoms with E-state index in [1.54, 1.807) is 24.0 Å². The Morgan fingerprint density at radius 1 is 1.17 bits per heavy atom. The third-order valence-corrected chi connectivity index (χ3v) is 6.02. The molecular weight excluding hydrogens is 466 g/mol. The molecule has 3 heterocycles. The standard InChI is InChI=1S/C24H31N7O5/c1-4-36-24(34)30-12-18-19(13-30)28-21(29-22(18)31-9-10-35-14-15(31)2)16-5-7-17(8-6-16)27-23(33)26-11-20(32)25-3/h5-8,15H,4,9-14H2,1-3H3,(H,25,32)(H2,26,27,33)/t15-/m0/s1. The maximum Gasteiger partial charge on any atom is 0.410 e.